The van der Waals surface area contributed by atoms with Gasteiger partial charge in [-0.3, -0.25) is 4.79 Å². The highest BCUT2D eigenvalue weighted by Gasteiger charge is 2.24. The van der Waals surface area contributed by atoms with Crippen LogP contribution in [0.25, 0.3) is 0 Å². The average molecular weight is 354 g/mol. The molecule has 1 aliphatic rings. The zero-order chi connectivity index (χ0) is 17.4. The number of ether oxygens (including phenoxy) is 1. The molecule has 1 aliphatic heterocycles. The smallest absolute Gasteiger partial charge is 0.409 e. The van der Waals surface area contributed by atoms with Gasteiger partial charge in [0.1, 0.15) is 5.82 Å². The number of piperidine rings is 1. The molecule has 0 spiro atoms. The number of carbonyl (C=O) groups is 2. The number of thioether (sulfide) groups is 1. The van der Waals surface area contributed by atoms with Crippen molar-refractivity contribution in [3.05, 3.63) is 30.1 Å². The first-order valence-electron chi connectivity index (χ1n) is 8.18. The molecule has 1 aromatic carbocycles. The number of carbonyl (C=O) groups excluding carboxylic acids is 2. The highest BCUT2D eigenvalue weighted by Crippen LogP contribution is 2.19. The number of halogens is 1. The van der Waals surface area contributed by atoms with Gasteiger partial charge in [-0.2, -0.15) is 0 Å². The molecule has 0 aromatic heterocycles. The number of benzene rings is 1. The van der Waals surface area contributed by atoms with E-state index in [2.05, 4.69) is 5.32 Å². The second-order valence-corrected chi connectivity index (χ2v) is 6.75. The van der Waals surface area contributed by atoms with Gasteiger partial charge in [-0.25, -0.2) is 9.18 Å². The standard InChI is InChI=1S/C17H23FN2O3S/c1-2-23-17(22)20-10-7-14(8-11-20)19-16(21)9-12-24-15-5-3-13(18)4-6-15/h3-6,14H,2,7-12H2,1H3,(H,19,21). The lowest BCUT2D eigenvalue weighted by Crippen LogP contribution is -2.46. The van der Waals surface area contributed by atoms with Crippen LogP contribution in [0.3, 0.4) is 0 Å². The number of hydrogen-bond donors (Lipinski definition) is 1. The van der Waals surface area contributed by atoms with E-state index in [9.17, 15) is 14.0 Å². The topological polar surface area (TPSA) is 58.6 Å². The van der Waals surface area contributed by atoms with Gasteiger partial charge in [-0.05, 0) is 44.0 Å². The number of rotatable bonds is 6. The van der Waals surface area contributed by atoms with Gasteiger partial charge in [0.15, 0.2) is 0 Å². The molecule has 1 N–H and O–H groups in total. The lowest BCUT2D eigenvalue weighted by molar-refractivity contribution is -0.121. The Morgan fingerprint density at radius 1 is 1.29 bits per heavy atom. The summed E-state index contributed by atoms with van der Waals surface area (Å²) in [6, 6.07) is 6.37. The van der Waals surface area contributed by atoms with E-state index in [0.717, 1.165) is 17.7 Å². The molecule has 0 bridgehead atoms. The average Bonchev–Trinajstić information content (AvgIpc) is 2.57. The van der Waals surface area contributed by atoms with E-state index in [0.29, 0.717) is 31.9 Å². The quantitative estimate of drug-likeness (QED) is 0.798. The number of amides is 2. The molecule has 1 saturated heterocycles. The van der Waals surface area contributed by atoms with E-state index in [1.54, 1.807) is 24.0 Å². The van der Waals surface area contributed by atoms with Gasteiger partial charge in [0.05, 0.1) is 6.61 Å². The number of likely N-dealkylation sites (tertiary alicyclic amines) is 1. The van der Waals surface area contributed by atoms with Crippen molar-refractivity contribution in [1.82, 2.24) is 10.2 Å². The highest BCUT2D eigenvalue weighted by atomic mass is 32.2. The van der Waals surface area contributed by atoms with E-state index in [4.69, 9.17) is 4.74 Å². The fourth-order valence-electron chi connectivity index (χ4n) is 2.51. The minimum atomic E-state index is -0.280. The third-order valence-corrected chi connectivity index (χ3v) is 4.81. The normalized spacial score (nSPS) is 15.2. The second kappa shape index (κ2) is 9.52. The van der Waals surface area contributed by atoms with E-state index in [1.165, 1.54) is 23.9 Å². The molecule has 1 fully saturated rings. The van der Waals surface area contributed by atoms with Gasteiger partial charge < -0.3 is 15.0 Å². The zero-order valence-corrected chi connectivity index (χ0v) is 14.6. The molecule has 1 heterocycles. The van der Waals surface area contributed by atoms with Crippen molar-refractivity contribution < 1.29 is 18.7 Å². The molecule has 2 rings (SSSR count). The third-order valence-electron chi connectivity index (χ3n) is 3.80. The van der Waals surface area contributed by atoms with Gasteiger partial charge in [0, 0.05) is 36.2 Å². The first-order chi connectivity index (χ1) is 11.6. The monoisotopic (exact) mass is 354 g/mol. The summed E-state index contributed by atoms with van der Waals surface area (Å²) in [5.41, 5.74) is 0. The highest BCUT2D eigenvalue weighted by molar-refractivity contribution is 7.99. The molecule has 0 unspecified atom stereocenters. The molecular weight excluding hydrogens is 331 g/mol. The first kappa shape index (κ1) is 18.6. The zero-order valence-electron chi connectivity index (χ0n) is 13.8. The van der Waals surface area contributed by atoms with Crippen molar-refractivity contribution in [2.24, 2.45) is 0 Å². The Kier molecular flexibility index (Phi) is 7.36. The van der Waals surface area contributed by atoms with Crippen molar-refractivity contribution in [1.29, 1.82) is 0 Å². The summed E-state index contributed by atoms with van der Waals surface area (Å²) in [7, 11) is 0. The van der Waals surface area contributed by atoms with Gasteiger partial charge >= 0.3 is 6.09 Å². The van der Waals surface area contributed by atoms with Gasteiger partial charge in [-0.15, -0.1) is 11.8 Å². The minimum absolute atomic E-state index is 0.0131. The van der Waals surface area contributed by atoms with Crippen LogP contribution in [0.4, 0.5) is 9.18 Å². The molecule has 132 valence electrons. The summed E-state index contributed by atoms with van der Waals surface area (Å²) >= 11 is 1.53. The molecule has 0 atom stereocenters. The Morgan fingerprint density at radius 2 is 1.96 bits per heavy atom. The maximum atomic E-state index is 12.8. The second-order valence-electron chi connectivity index (χ2n) is 5.58. The number of nitrogens with zero attached hydrogens (tertiary/aromatic N) is 1. The molecule has 0 radical (unpaired) electrons. The third kappa shape index (κ3) is 6.03. The molecular formula is C17H23FN2O3S. The molecule has 5 nitrogen and oxygen atoms in total. The van der Waals surface area contributed by atoms with Crippen molar-refractivity contribution in [3.8, 4) is 0 Å². The van der Waals surface area contributed by atoms with Crippen molar-refractivity contribution >= 4 is 23.8 Å². The van der Waals surface area contributed by atoms with Crippen LogP contribution in [-0.2, 0) is 9.53 Å². The van der Waals surface area contributed by atoms with Crippen LogP contribution in [0.1, 0.15) is 26.2 Å². The van der Waals surface area contributed by atoms with Crippen molar-refractivity contribution in [3.63, 3.8) is 0 Å². The molecule has 0 saturated carbocycles. The maximum Gasteiger partial charge on any atom is 0.409 e. The van der Waals surface area contributed by atoms with Crippen LogP contribution in [0, 0.1) is 5.82 Å². The van der Waals surface area contributed by atoms with Crippen LogP contribution < -0.4 is 5.32 Å². The van der Waals surface area contributed by atoms with Crippen molar-refractivity contribution in [2.75, 3.05) is 25.4 Å². The first-order valence-corrected chi connectivity index (χ1v) is 9.16. The Labute approximate surface area is 145 Å². The van der Waals surface area contributed by atoms with Crippen LogP contribution >= 0.6 is 11.8 Å². The summed E-state index contributed by atoms with van der Waals surface area (Å²) in [5, 5.41) is 3.01. The molecule has 1 aromatic rings. The maximum absolute atomic E-state index is 12.8. The largest absolute Gasteiger partial charge is 0.450 e. The SMILES string of the molecule is CCOC(=O)N1CCC(NC(=O)CCSc2ccc(F)cc2)CC1. The number of nitrogens with one attached hydrogen (secondary N) is 1. The van der Waals surface area contributed by atoms with Crippen LogP contribution in [0.5, 0.6) is 0 Å². The van der Waals surface area contributed by atoms with Crippen LogP contribution in [-0.4, -0.2) is 48.4 Å². The van der Waals surface area contributed by atoms with E-state index in [-0.39, 0.29) is 23.9 Å². The van der Waals surface area contributed by atoms with E-state index in [1.807, 2.05) is 0 Å². The van der Waals surface area contributed by atoms with Crippen molar-refractivity contribution in [2.45, 2.75) is 37.1 Å². The molecule has 0 aliphatic carbocycles. The summed E-state index contributed by atoms with van der Waals surface area (Å²) in [4.78, 5) is 26.2. The lowest BCUT2D eigenvalue weighted by Gasteiger charge is -2.31. The fraction of sp³-hybridized carbons (Fsp3) is 0.529. The Morgan fingerprint density at radius 3 is 2.58 bits per heavy atom. The molecule has 7 heteroatoms. The van der Waals surface area contributed by atoms with E-state index < -0.39 is 0 Å². The van der Waals surface area contributed by atoms with Gasteiger partial charge in [0.2, 0.25) is 5.91 Å². The predicted molar refractivity (Wildman–Crippen MR) is 91.5 cm³/mol. The van der Waals surface area contributed by atoms with Gasteiger partial charge in [-0.1, -0.05) is 0 Å². The lowest BCUT2D eigenvalue weighted by atomic mass is 10.1. The number of hydrogen-bond acceptors (Lipinski definition) is 4. The Bertz CT molecular complexity index is 545. The Hall–Kier alpha value is -1.76. The predicted octanol–water partition coefficient (Wildman–Crippen LogP) is 3.05. The Balaban J connectivity index is 1.63. The van der Waals surface area contributed by atoms with E-state index >= 15 is 0 Å². The molecule has 24 heavy (non-hydrogen) atoms. The van der Waals surface area contributed by atoms with Gasteiger partial charge in [0.25, 0.3) is 0 Å². The summed E-state index contributed by atoms with van der Waals surface area (Å²) in [6.07, 6.45) is 1.63. The molecule has 2 amide bonds. The van der Waals surface area contributed by atoms with Crippen LogP contribution in [0.15, 0.2) is 29.2 Å². The summed E-state index contributed by atoms with van der Waals surface area (Å²) < 4.78 is 17.8. The fourth-order valence-corrected chi connectivity index (χ4v) is 3.37. The summed E-state index contributed by atoms with van der Waals surface area (Å²) in [5.74, 6) is 0.407. The minimum Gasteiger partial charge on any atom is -0.450 e. The van der Waals surface area contributed by atoms with Crippen LogP contribution in [0.2, 0.25) is 0 Å². The summed E-state index contributed by atoms with van der Waals surface area (Å²) in [6.45, 7) is 3.37.